The lowest BCUT2D eigenvalue weighted by molar-refractivity contribution is 0.102. The smallest absolute Gasteiger partial charge is 0.294 e. The number of hydrogen-bond donors (Lipinski definition) is 3. The number of benzene rings is 3. The van der Waals surface area contributed by atoms with Gasteiger partial charge in [-0.2, -0.15) is 16.8 Å². The molecule has 0 spiro atoms. The normalized spacial score (nSPS) is 12.1. The highest BCUT2D eigenvalue weighted by atomic mass is 32.2. The Morgan fingerprint density at radius 1 is 0.778 bits per heavy atom. The zero-order chi connectivity index (χ0) is 19.8. The van der Waals surface area contributed by atoms with Crippen molar-refractivity contribution in [1.82, 2.24) is 0 Å². The fraction of sp³-hybridized carbons (Fsp3) is 0. The van der Waals surface area contributed by atoms with Crippen molar-refractivity contribution in [2.24, 2.45) is 0 Å². The lowest BCUT2D eigenvalue weighted by Crippen LogP contribution is -2.13. The Balaban J connectivity index is 2.19. The highest BCUT2D eigenvalue weighted by Crippen LogP contribution is 2.30. The first-order chi connectivity index (χ1) is 12.6. The molecule has 1 amide bonds. The largest absolute Gasteiger partial charge is 0.321 e. The van der Waals surface area contributed by atoms with Crippen molar-refractivity contribution in [2.45, 2.75) is 9.79 Å². The van der Waals surface area contributed by atoms with Gasteiger partial charge in [0, 0.05) is 10.9 Å². The topological polar surface area (TPSA) is 138 Å². The Bertz CT molecular complexity index is 1250. The zero-order valence-corrected chi connectivity index (χ0v) is 15.2. The molecule has 0 atom stereocenters. The number of hydrogen-bond acceptors (Lipinski definition) is 5. The molecule has 8 nitrogen and oxygen atoms in total. The van der Waals surface area contributed by atoms with Crippen molar-refractivity contribution in [3.8, 4) is 0 Å². The Hall–Kier alpha value is -2.79. The molecule has 3 N–H and O–H groups in total. The molecule has 27 heavy (non-hydrogen) atoms. The van der Waals surface area contributed by atoms with Crippen molar-refractivity contribution in [1.29, 1.82) is 0 Å². The van der Waals surface area contributed by atoms with Gasteiger partial charge in [-0.1, -0.05) is 24.3 Å². The number of anilines is 1. The van der Waals surface area contributed by atoms with E-state index in [0.29, 0.717) is 10.9 Å². The maximum absolute atomic E-state index is 12.4. The van der Waals surface area contributed by atoms with Crippen LogP contribution in [-0.4, -0.2) is 31.8 Å². The molecule has 10 heteroatoms. The molecule has 0 aromatic heterocycles. The maximum atomic E-state index is 12.4. The van der Waals surface area contributed by atoms with E-state index in [4.69, 9.17) is 0 Å². The molecule has 0 heterocycles. The SMILES string of the molecule is O=C(Nc1cc(S(=O)(=O)O)cc2cc(S(=O)(=O)O)ccc12)c1ccccc1. The third kappa shape index (κ3) is 4.14. The van der Waals surface area contributed by atoms with Crippen molar-refractivity contribution < 1.29 is 30.7 Å². The average molecular weight is 407 g/mol. The van der Waals surface area contributed by atoms with Crippen molar-refractivity contribution >= 4 is 42.6 Å². The number of carbonyl (C=O) groups excluding carboxylic acids is 1. The number of nitrogens with one attached hydrogen (secondary N) is 1. The highest BCUT2D eigenvalue weighted by molar-refractivity contribution is 7.86. The first-order valence-corrected chi connectivity index (χ1v) is 10.3. The molecule has 0 aliphatic rings. The standard InChI is InChI=1S/C17H13NO7S2/c19-17(11-4-2-1-3-5-11)18-16-10-14(27(23,24)25)9-12-8-13(26(20,21)22)6-7-15(12)16/h1-10H,(H,18,19)(H,20,21,22)(H,23,24,25). The molecule has 3 rings (SSSR count). The van der Waals surface area contributed by atoms with E-state index < -0.39 is 35.9 Å². The van der Waals surface area contributed by atoms with Crippen LogP contribution in [0, 0.1) is 0 Å². The van der Waals surface area contributed by atoms with Gasteiger partial charge in [0.15, 0.2) is 0 Å². The Kier molecular flexibility index (Phi) is 4.74. The first-order valence-electron chi connectivity index (χ1n) is 7.45. The summed E-state index contributed by atoms with van der Waals surface area (Å²) >= 11 is 0. The van der Waals surface area contributed by atoms with Crippen LogP contribution < -0.4 is 5.32 Å². The third-order valence-electron chi connectivity index (χ3n) is 3.78. The van der Waals surface area contributed by atoms with Gasteiger partial charge < -0.3 is 5.32 Å². The highest BCUT2D eigenvalue weighted by Gasteiger charge is 2.18. The summed E-state index contributed by atoms with van der Waals surface area (Å²) in [5.41, 5.74) is 0.369. The second kappa shape index (κ2) is 6.74. The summed E-state index contributed by atoms with van der Waals surface area (Å²) in [5.74, 6) is -0.525. The van der Waals surface area contributed by atoms with E-state index in [1.807, 2.05) is 0 Å². The number of carbonyl (C=O) groups is 1. The minimum absolute atomic E-state index is 0.0517. The predicted molar refractivity (Wildman–Crippen MR) is 98.0 cm³/mol. The zero-order valence-electron chi connectivity index (χ0n) is 13.5. The summed E-state index contributed by atoms with van der Waals surface area (Å²) in [6.45, 7) is 0. The van der Waals surface area contributed by atoms with Crippen LogP contribution in [0.15, 0.2) is 70.5 Å². The molecule has 0 saturated heterocycles. The fourth-order valence-electron chi connectivity index (χ4n) is 2.52. The summed E-state index contributed by atoms with van der Waals surface area (Å²) in [7, 11) is -9.15. The molecule has 3 aromatic rings. The molecular weight excluding hydrogens is 394 g/mol. The molecular formula is C17H13NO7S2. The molecule has 140 valence electrons. The van der Waals surface area contributed by atoms with Crippen LogP contribution in [0.1, 0.15) is 10.4 Å². The quantitative estimate of drug-likeness (QED) is 0.565. The molecule has 3 aromatic carbocycles. The third-order valence-corrected chi connectivity index (χ3v) is 5.46. The van der Waals surface area contributed by atoms with E-state index in [1.54, 1.807) is 30.3 Å². The lowest BCUT2D eigenvalue weighted by Gasteiger charge is -2.12. The number of fused-ring (bicyclic) bond motifs is 1. The molecule has 0 aliphatic heterocycles. The van der Waals surface area contributed by atoms with E-state index in [1.165, 1.54) is 6.07 Å². The van der Waals surface area contributed by atoms with Crippen LogP contribution in [-0.2, 0) is 20.2 Å². The molecule has 0 aliphatic carbocycles. The summed E-state index contributed by atoms with van der Waals surface area (Å²) in [4.78, 5) is 11.4. The van der Waals surface area contributed by atoms with Crippen molar-refractivity contribution in [2.75, 3.05) is 5.32 Å². The average Bonchev–Trinajstić information content (AvgIpc) is 2.60. The van der Waals surface area contributed by atoms with Gasteiger partial charge in [-0.15, -0.1) is 0 Å². The van der Waals surface area contributed by atoms with E-state index in [9.17, 15) is 30.7 Å². The minimum Gasteiger partial charge on any atom is -0.321 e. The molecule has 0 fully saturated rings. The van der Waals surface area contributed by atoms with Crippen LogP contribution in [0.3, 0.4) is 0 Å². The Morgan fingerprint density at radius 3 is 1.96 bits per heavy atom. The Labute approximate surface area is 155 Å². The monoisotopic (exact) mass is 407 g/mol. The van der Waals surface area contributed by atoms with Crippen LogP contribution in [0.5, 0.6) is 0 Å². The predicted octanol–water partition coefficient (Wildman–Crippen LogP) is 2.59. The van der Waals surface area contributed by atoms with E-state index >= 15 is 0 Å². The summed E-state index contributed by atoms with van der Waals surface area (Å²) < 4.78 is 64.3. The second-order valence-electron chi connectivity index (χ2n) is 5.62. The molecule has 0 radical (unpaired) electrons. The van der Waals surface area contributed by atoms with Gasteiger partial charge in [0.25, 0.3) is 26.1 Å². The number of amides is 1. The second-order valence-corrected chi connectivity index (χ2v) is 8.47. The van der Waals surface area contributed by atoms with E-state index in [2.05, 4.69) is 5.32 Å². The van der Waals surface area contributed by atoms with Gasteiger partial charge in [0.2, 0.25) is 0 Å². The Morgan fingerprint density at radius 2 is 1.37 bits per heavy atom. The van der Waals surface area contributed by atoms with Crippen LogP contribution in [0.4, 0.5) is 5.69 Å². The van der Waals surface area contributed by atoms with Crippen LogP contribution in [0.2, 0.25) is 0 Å². The van der Waals surface area contributed by atoms with Crippen molar-refractivity contribution in [3.05, 3.63) is 66.2 Å². The fourth-order valence-corrected chi connectivity index (χ4v) is 3.58. The van der Waals surface area contributed by atoms with E-state index in [0.717, 1.165) is 24.3 Å². The van der Waals surface area contributed by atoms with Gasteiger partial charge in [-0.05, 0) is 41.8 Å². The summed E-state index contributed by atoms with van der Waals surface area (Å²) in [5, 5.41) is 2.95. The van der Waals surface area contributed by atoms with Crippen LogP contribution >= 0.6 is 0 Å². The molecule has 0 unspecified atom stereocenters. The first kappa shape index (κ1) is 19.0. The maximum Gasteiger partial charge on any atom is 0.294 e. The minimum atomic E-state index is -4.63. The lowest BCUT2D eigenvalue weighted by atomic mass is 10.1. The van der Waals surface area contributed by atoms with Gasteiger partial charge in [-0.25, -0.2) is 0 Å². The van der Waals surface area contributed by atoms with Gasteiger partial charge in [0.05, 0.1) is 15.5 Å². The van der Waals surface area contributed by atoms with Gasteiger partial charge in [-0.3, -0.25) is 13.9 Å². The van der Waals surface area contributed by atoms with Crippen LogP contribution in [0.25, 0.3) is 10.8 Å². The van der Waals surface area contributed by atoms with Crippen molar-refractivity contribution in [3.63, 3.8) is 0 Å². The summed E-state index contributed by atoms with van der Waals surface area (Å²) in [6, 6.07) is 13.7. The van der Waals surface area contributed by atoms with E-state index in [-0.39, 0.29) is 11.1 Å². The molecule has 0 bridgehead atoms. The number of rotatable bonds is 4. The van der Waals surface area contributed by atoms with Gasteiger partial charge >= 0.3 is 0 Å². The molecule has 0 saturated carbocycles. The summed E-state index contributed by atoms with van der Waals surface area (Å²) in [6.07, 6.45) is 0. The van der Waals surface area contributed by atoms with Gasteiger partial charge in [0.1, 0.15) is 0 Å².